The molecule has 1 amide bonds. The van der Waals surface area contributed by atoms with Crippen molar-refractivity contribution in [1.82, 2.24) is 4.90 Å². The van der Waals surface area contributed by atoms with Crippen molar-refractivity contribution in [3.05, 3.63) is 0 Å². The number of nitrogens with zero attached hydrogens (tertiary/aromatic N) is 1. The highest BCUT2D eigenvalue weighted by Crippen LogP contribution is 2.13. The smallest absolute Gasteiger partial charge is 0.306 e. The fourth-order valence-electron chi connectivity index (χ4n) is 2.57. The van der Waals surface area contributed by atoms with Crippen molar-refractivity contribution in [3.8, 4) is 0 Å². The zero-order valence-corrected chi connectivity index (χ0v) is 12.2. The van der Waals surface area contributed by atoms with Gasteiger partial charge in [-0.2, -0.15) is 0 Å². The van der Waals surface area contributed by atoms with Crippen molar-refractivity contribution in [3.63, 3.8) is 0 Å². The second-order valence-electron chi connectivity index (χ2n) is 5.39. The van der Waals surface area contributed by atoms with Crippen LogP contribution >= 0.6 is 0 Å². The highest BCUT2D eigenvalue weighted by molar-refractivity contribution is 5.76. The second kappa shape index (κ2) is 8.31. The van der Waals surface area contributed by atoms with Crippen molar-refractivity contribution >= 4 is 11.9 Å². The number of aliphatic carboxylic acids is 1. The first kappa shape index (κ1) is 16.2. The van der Waals surface area contributed by atoms with Crippen molar-refractivity contribution in [2.24, 2.45) is 0 Å². The van der Waals surface area contributed by atoms with Gasteiger partial charge in [0.2, 0.25) is 5.91 Å². The molecule has 0 aromatic carbocycles. The molecule has 21 heavy (non-hydrogen) atoms. The molecule has 0 radical (unpaired) electrons. The molecule has 2 aliphatic rings. The fraction of sp³-hybridized carbons (Fsp3) is 0.857. The van der Waals surface area contributed by atoms with Gasteiger partial charge >= 0.3 is 5.97 Å². The highest BCUT2D eigenvalue weighted by Gasteiger charge is 2.25. The summed E-state index contributed by atoms with van der Waals surface area (Å²) in [6, 6.07) is 0. The molecule has 2 fully saturated rings. The molecule has 7 nitrogen and oxygen atoms in total. The number of morpholine rings is 1. The SMILES string of the molecule is O=C(O)C[C@H]1CN(C(=O)CCOC[C@H]2CCCO2)CCO1. The summed E-state index contributed by atoms with van der Waals surface area (Å²) < 4.78 is 16.2. The minimum Gasteiger partial charge on any atom is -0.481 e. The number of amides is 1. The van der Waals surface area contributed by atoms with E-state index < -0.39 is 12.1 Å². The van der Waals surface area contributed by atoms with Crippen LogP contribution in [0.2, 0.25) is 0 Å². The van der Waals surface area contributed by atoms with Gasteiger partial charge in [-0.05, 0) is 12.8 Å². The largest absolute Gasteiger partial charge is 0.481 e. The van der Waals surface area contributed by atoms with Crippen LogP contribution in [0.25, 0.3) is 0 Å². The van der Waals surface area contributed by atoms with E-state index in [1.54, 1.807) is 4.90 Å². The number of carboxylic acids is 1. The first-order valence-electron chi connectivity index (χ1n) is 7.45. The fourth-order valence-corrected chi connectivity index (χ4v) is 2.57. The Morgan fingerprint density at radius 2 is 2.05 bits per heavy atom. The van der Waals surface area contributed by atoms with E-state index >= 15 is 0 Å². The highest BCUT2D eigenvalue weighted by atomic mass is 16.5. The lowest BCUT2D eigenvalue weighted by Gasteiger charge is -2.32. The minimum atomic E-state index is -0.908. The normalized spacial score (nSPS) is 26.0. The van der Waals surface area contributed by atoms with Crippen molar-refractivity contribution in [2.45, 2.75) is 37.9 Å². The summed E-state index contributed by atoms with van der Waals surface area (Å²) in [5.74, 6) is -0.921. The van der Waals surface area contributed by atoms with E-state index in [0.717, 1.165) is 19.4 Å². The summed E-state index contributed by atoms with van der Waals surface area (Å²) in [5.41, 5.74) is 0. The lowest BCUT2D eigenvalue weighted by atomic mass is 10.2. The van der Waals surface area contributed by atoms with Gasteiger partial charge in [-0.15, -0.1) is 0 Å². The van der Waals surface area contributed by atoms with Gasteiger partial charge in [-0.3, -0.25) is 9.59 Å². The molecule has 1 N–H and O–H groups in total. The molecule has 2 rings (SSSR count). The molecule has 0 aliphatic carbocycles. The van der Waals surface area contributed by atoms with Gasteiger partial charge in [-0.1, -0.05) is 0 Å². The van der Waals surface area contributed by atoms with E-state index in [1.807, 2.05) is 0 Å². The molecular formula is C14H23NO6. The Morgan fingerprint density at radius 1 is 1.24 bits per heavy atom. The molecule has 120 valence electrons. The molecule has 2 atom stereocenters. The molecule has 0 bridgehead atoms. The number of ether oxygens (including phenoxy) is 3. The molecule has 0 unspecified atom stereocenters. The van der Waals surface area contributed by atoms with E-state index in [4.69, 9.17) is 19.3 Å². The van der Waals surface area contributed by atoms with Crippen LogP contribution in [-0.4, -0.2) is 73.6 Å². The molecule has 0 saturated carbocycles. The summed E-state index contributed by atoms with van der Waals surface area (Å²) in [7, 11) is 0. The van der Waals surface area contributed by atoms with Crippen LogP contribution < -0.4 is 0 Å². The average Bonchev–Trinajstić information content (AvgIpc) is 2.96. The van der Waals surface area contributed by atoms with Gasteiger partial charge in [0.1, 0.15) is 0 Å². The molecule has 2 aliphatic heterocycles. The molecule has 0 spiro atoms. The number of rotatable bonds is 7. The van der Waals surface area contributed by atoms with Crippen LogP contribution in [0.15, 0.2) is 0 Å². The second-order valence-corrected chi connectivity index (χ2v) is 5.39. The summed E-state index contributed by atoms with van der Waals surface area (Å²) in [5, 5.41) is 8.75. The molecule has 2 saturated heterocycles. The van der Waals surface area contributed by atoms with Crippen molar-refractivity contribution in [2.75, 3.05) is 39.5 Å². The van der Waals surface area contributed by atoms with Gasteiger partial charge in [-0.25, -0.2) is 0 Å². The van der Waals surface area contributed by atoms with Crippen LogP contribution in [0.4, 0.5) is 0 Å². The van der Waals surface area contributed by atoms with E-state index in [9.17, 15) is 9.59 Å². The first-order chi connectivity index (χ1) is 10.1. The zero-order chi connectivity index (χ0) is 15.1. The Bertz CT molecular complexity index is 355. The van der Waals surface area contributed by atoms with Crippen LogP contribution in [0.3, 0.4) is 0 Å². The monoisotopic (exact) mass is 301 g/mol. The van der Waals surface area contributed by atoms with Crippen molar-refractivity contribution < 1.29 is 28.9 Å². The minimum absolute atomic E-state index is 0.0129. The van der Waals surface area contributed by atoms with Gasteiger partial charge in [0, 0.05) is 19.7 Å². The van der Waals surface area contributed by atoms with Crippen LogP contribution in [0, 0.1) is 0 Å². The number of hydrogen-bond acceptors (Lipinski definition) is 5. The molecular weight excluding hydrogens is 278 g/mol. The van der Waals surface area contributed by atoms with E-state index in [0.29, 0.717) is 39.3 Å². The Balaban J connectivity index is 1.61. The van der Waals surface area contributed by atoms with E-state index in [-0.39, 0.29) is 18.4 Å². The summed E-state index contributed by atoms with van der Waals surface area (Å²) in [6.07, 6.45) is 2.10. The molecule has 7 heteroatoms. The maximum atomic E-state index is 12.0. The Kier molecular flexibility index (Phi) is 6.41. The van der Waals surface area contributed by atoms with Gasteiger partial charge in [0.05, 0.1) is 44.9 Å². The summed E-state index contributed by atoms with van der Waals surface area (Å²) >= 11 is 0. The number of carboxylic acid groups (broad SMARTS) is 1. The van der Waals surface area contributed by atoms with E-state index in [1.165, 1.54) is 0 Å². The van der Waals surface area contributed by atoms with Crippen molar-refractivity contribution in [1.29, 1.82) is 0 Å². The Labute approximate surface area is 124 Å². The molecule has 0 aromatic rings. The molecule has 2 heterocycles. The average molecular weight is 301 g/mol. The van der Waals surface area contributed by atoms with Gasteiger partial charge < -0.3 is 24.2 Å². The Morgan fingerprint density at radius 3 is 2.76 bits per heavy atom. The standard InChI is InChI=1S/C14H23NO6/c16-13(3-6-19-10-11-2-1-5-20-11)15-4-7-21-12(9-15)8-14(17)18/h11-12H,1-10H2,(H,17,18)/t11-,12+/m1/s1. The van der Waals surface area contributed by atoms with E-state index in [2.05, 4.69) is 0 Å². The molecule has 0 aromatic heterocycles. The topological polar surface area (TPSA) is 85.3 Å². The number of carbonyl (C=O) groups is 2. The third kappa shape index (κ3) is 5.61. The number of carbonyl (C=O) groups excluding carboxylic acids is 1. The lowest BCUT2D eigenvalue weighted by molar-refractivity contribution is -0.148. The van der Waals surface area contributed by atoms with Gasteiger partial charge in [0.25, 0.3) is 0 Å². The first-order valence-corrected chi connectivity index (χ1v) is 7.45. The summed E-state index contributed by atoms with van der Waals surface area (Å²) in [6.45, 7) is 2.96. The summed E-state index contributed by atoms with van der Waals surface area (Å²) in [4.78, 5) is 24.4. The zero-order valence-electron chi connectivity index (χ0n) is 12.2. The maximum Gasteiger partial charge on any atom is 0.306 e. The van der Waals surface area contributed by atoms with Crippen LogP contribution in [-0.2, 0) is 23.8 Å². The Hall–Kier alpha value is -1.18. The van der Waals surface area contributed by atoms with Gasteiger partial charge in [0.15, 0.2) is 0 Å². The predicted molar refractivity (Wildman–Crippen MR) is 73.0 cm³/mol. The van der Waals surface area contributed by atoms with Crippen LogP contribution in [0.1, 0.15) is 25.7 Å². The van der Waals surface area contributed by atoms with Crippen LogP contribution in [0.5, 0.6) is 0 Å². The quantitative estimate of drug-likeness (QED) is 0.680. The lowest BCUT2D eigenvalue weighted by Crippen LogP contribution is -2.46. The third-order valence-electron chi connectivity index (χ3n) is 3.68. The predicted octanol–water partition coefficient (Wildman–Crippen LogP) is 0.274. The maximum absolute atomic E-state index is 12.0. The number of hydrogen-bond donors (Lipinski definition) is 1. The third-order valence-corrected chi connectivity index (χ3v) is 3.68.